The van der Waals surface area contributed by atoms with Gasteiger partial charge in [-0.3, -0.25) is 0 Å². The Hall–Kier alpha value is -5.54. The molecule has 2 heterocycles. The van der Waals surface area contributed by atoms with Crippen LogP contribution in [0.4, 0.5) is 17.1 Å². The molecule has 0 saturated heterocycles. The van der Waals surface area contributed by atoms with Crippen molar-refractivity contribution in [2.75, 3.05) is 4.90 Å². The van der Waals surface area contributed by atoms with Gasteiger partial charge in [0.15, 0.2) is 0 Å². The molecule has 0 spiro atoms. The highest BCUT2D eigenvalue weighted by atomic mass is 15.1. The van der Waals surface area contributed by atoms with E-state index >= 15 is 0 Å². The predicted molar refractivity (Wildman–Crippen MR) is 196 cm³/mol. The van der Waals surface area contributed by atoms with Crippen LogP contribution in [0.5, 0.6) is 0 Å². The van der Waals surface area contributed by atoms with Crippen molar-refractivity contribution in [3.8, 4) is 11.4 Å². The Morgan fingerprint density at radius 2 is 1.15 bits per heavy atom. The maximum Gasteiger partial charge on any atom is 0.0537 e. The molecule has 0 bridgehead atoms. The van der Waals surface area contributed by atoms with Gasteiger partial charge in [0.25, 0.3) is 0 Å². The summed E-state index contributed by atoms with van der Waals surface area (Å²) in [5.41, 5.74) is 14.7. The molecule has 0 fully saturated rings. The van der Waals surface area contributed by atoms with Crippen LogP contribution in [0.3, 0.4) is 0 Å². The lowest BCUT2D eigenvalue weighted by molar-refractivity contribution is 0.967. The number of hydrogen-bond acceptors (Lipinski definition) is 1. The van der Waals surface area contributed by atoms with Gasteiger partial charge in [0.05, 0.1) is 11.0 Å². The number of rotatable bonds is 6. The molecule has 0 radical (unpaired) electrons. The first-order valence-electron chi connectivity index (χ1n) is 16.2. The van der Waals surface area contributed by atoms with Crippen LogP contribution >= 0.6 is 0 Å². The van der Waals surface area contributed by atoms with Gasteiger partial charge in [0, 0.05) is 50.6 Å². The van der Waals surface area contributed by atoms with Gasteiger partial charge in [-0.1, -0.05) is 66.2 Å². The third-order valence-corrected chi connectivity index (χ3v) is 9.38. The fourth-order valence-corrected chi connectivity index (χ4v) is 7.16. The van der Waals surface area contributed by atoms with E-state index in [9.17, 15) is 0 Å². The number of benzene rings is 5. The van der Waals surface area contributed by atoms with Crippen LogP contribution < -0.4 is 4.90 Å². The van der Waals surface area contributed by atoms with Crippen molar-refractivity contribution < 1.29 is 0 Å². The molecule has 7 aromatic rings. The molecule has 0 N–H and O–H groups in total. The summed E-state index contributed by atoms with van der Waals surface area (Å²) in [6, 6.07) is 44.3. The normalized spacial score (nSPS) is 12.8. The smallest absolute Gasteiger partial charge is 0.0537 e. The number of nitrogens with zero attached hydrogens (tertiary/aromatic N) is 3. The summed E-state index contributed by atoms with van der Waals surface area (Å²) in [5, 5.41) is 2.64. The summed E-state index contributed by atoms with van der Waals surface area (Å²) in [4.78, 5) is 2.35. The summed E-state index contributed by atoms with van der Waals surface area (Å²) in [7, 11) is 0. The van der Waals surface area contributed by atoms with E-state index in [2.05, 4.69) is 180 Å². The molecule has 0 saturated carbocycles. The van der Waals surface area contributed by atoms with E-state index in [0.29, 0.717) is 0 Å². The first-order valence-corrected chi connectivity index (χ1v) is 16.2. The Bertz CT molecular complexity index is 2210. The first-order chi connectivity index (χ1) is 22.6. The van der Waals surface area contributed by atoms with E-state index in [-0.39, 0.29) is 0 Å². The summed E-state index contributed by atoms with van der Waals surface area (Å²) in [5.74, 6) is 0. The molecule has 3 nitrogen and oxygen atoms in total. The van der Waals surface area contributed by atoms with Crippen LogP contribution in [0.15, 0.2) is 133 Å². The monoisotopic (exact) mass is 595 g/mol. The Kier molecular flexibility index (Phi) is 6.95. The number of allylic oxidation sites excluding steroid dienone is 2. The number of aromatic nitrogens is 2. The van der Waals surface area contributed by atoms with E-state index in [1.165, 1.54) is 55.6 Å². The maximum atomic E-state index is 2.42. The Labute approximate surface area is 271 Å². The second-order valence-electron chi connectivity index (χ2n) is 12.2. The fraction of sp³-hybridized carbons (Fsp3) is 0.116. The molecular formula is C43H37N3. The first kappa shape index (κ1) is 28.0. The summed E-state index contributed by atoms with van der Waals surface area (Å²) in [6.45, 7) is 6.44. The van der Waals surface area contributed by atoms with Crippen LogP contribution in [0.25, 0.3) is 45.3 Å². The minimum absolute atomic E-state index is 1.09. The summed E-state index contributed by atoms with van der Waals surface area (Å²) in [6.07, 6.45) is 11.1. The molecule has 0 amide bonds. The van der Waals surface area contributed by atoms with Crippen molar-refractivity contribution in [2.45, 2.75) is 33.6 Å². The second-order valence-corrected chi connectivity index (χ2v) is 12.2. The molecule has 46 heavy (non-hydrogen) atoms. The third kappa shape index (κ3) is 4.59. The van der Waals surface area contributed by atoms with E-state index in [0.717, 1.165) is 35.6 Å². The number of fused-ring (bicyclic) bond motifs is 4. The molecule has 2 aromatic heterocycles. The Morgan fingerprint density at radius 1 is 0.609 bits per heavy atom. The number of hydrogen-bond donors (Lipinski definition) is 0. The third-order valence-electron chi connectivity index (χ3n) is 9.38. The zero-order valence-electron chi connectivity index (χ0n) is 26.6. The summed E-state index contributed by atoms with van der Waals surface area (Å²) < 4.78 is 4.79. The fourth-order valence-electron chi connectivity index (χ4n) is 7.16. The molecule has 5 aromatic carbocycles. The molecule has 8 rings (SSSR count). The average Bonchev–Trinajstić information content (AvgIpc) is 3.58. The largest absolute Gasteiger partial charge is 0.311 e. The summed E-state index contributed by atoms with van der Waals surface area (Å²) >= 11 is 0. The molecule has 1 aliphatic carbocycles. The molecular weight excluding hydrogens is 558 g/mol. The zero-order chi connectivity index (χ0) is 31.2. The zero-order valence-corrected chi connectivity index (χ0v) is 26.6. The standard InChI is InChI=1S/C43H37N3/c1-4-11-40-31(3)37-12-5-8-15-41(37)45(40)35-26-22-33(23-27-35)44(32-20-18-30(2)19-21-32)34-24-28-36(29-25-34)46-42-16-9-6-13-38(42)39-14-7-10-17-43(39)46/h4-6,8-13,15-29H,7,14H2,1-3H3/b11-4-. The minimum Gasteiger partial charge on any atom is -0.311 e. The van der Waals surface area contributed by atoms with E-state index in [1.807, 2.05) is 0 Å². The maximum absolute atomic E-state index is 2.42. The van der Waals surface area contributed by atoms with Gasteiger partial charge in [-0.25, -0.2) is 0 Å². The van der Waals surface area contributed by atoms with Gasteiger partial charge in [0.2, 0.25) is 0 Å². The van der Waals surface area contributed by atoms with Crippen LogP contribution in [0.1, 0.15) is 41.4 Å². The van der Waals surface area contributed by atoms with Crippen molar-refractivity contribution in [2.24, 2.45) is 0 Å². The van der Waals surface area contributed by atoms with Crippen molar-refractivity contribution in [1.29, 1.82) is 0 Å². The van der Waals surface area contributed by atoms with Crippen molar-refractivity contribution in [3.05, 3.63) is 162 Å². The van der Waals surface area contributed by atoms with Gasteiger partial charge in [-0.15, -0.1) is 0 Å². The van der Waals surface area contributed by atoms with Gasteiger partial charge < -0.3 is 14.0 Å². The lowest BCUT2D eigenvalue weighted by Crippen LogP contribution is -2.10. The van der Waals surface area contributed by atoms with Crippen LogP contribution in [-0.4, -0.2) is 9.13 Å². The highest BCUT2D eigenvalue weighted by molar-refractivity contribution is 5.92. The SMILES string of the molecule is C/C=C\c1c(C)c2ccccc2n1-c1ccc(N(c2ccc(C)cc2)c2ccc(-n3c4c(c5ccccc53)CCC=C4)cc2)cc1. The Balaban J connectivity index is 1.22. The molecule has 3 heteroatoms. The molecule has 1 aliphatic rings. The minimum atomic E-state index is 1.09. The van der Waals surface area contributed by atoms with Gasteiger partial charge in [-0.05, 0) is 130 Å². The van der Waals surface area contributed by atoms with Crippen LogP contribution in [0, 0.1) is 13.8 Å². The van der Waals surface area contributed by atoms with Gasteiger partial charge >= 0.3 is 0 Å². The lowest BCUT2D eigenvalue weighted by atomic mass is 10.0. The van der Waals surface area contributed by atoms with Crippen molar-refractivity contribution in [1.82, 2.24) is 9.13 Å². The van der Waals surface area contributed by atoms with Gasteiger partial charge in [-0.2, -0.15) is 0 Å². The topological polar surface area (TPSA) is 13.1 Å². The van der Waals surface area contributed by atoms with Gasteiger partial charge in [0.1, 0.15) is 0 Å². The Morgan fingerprint density at radius 3 is 1.78 bits per heavy atom. The highest BCUT2D eigenvalue weighted by Crippen LogP contribution is 2.38. The number of para-hydroxylation sites is 2. The van der Waals surface area contributed by atoms with E-state index in [1.54, 1.807) is 0 Å². The second kappa shape index (κ2) is 11.4. The van der Waals surface area contributed by atoms with Crippen molar-refractivity contribution >= 4 is 51.0 Å². The number of aryl methyl sites for hydroxylation is 3. The molecule has 0 aliphatic heterocycles. The predicted octanol–water partition coefficient (Wildman–Crippen LogP) is 11.7. The van der Waals surface area contributed by atoms with Crippen LogP contribution in [0.2, 0.25) is 0 Å². The van der Waals surface area contributed by atoms with E-state index < -0.39 is 0 Å². The molecule has 0 atom stereocenters. The highest BCUT2D eigenvalue weighted by Gasteiger charge is 2.19. The molecule has 224 valence electrons. The average molecular weight is 596 g/mol. The lowest BCUT2D eigenvalue weighted by Gasteiger charge is -2.26. The van der Waals surface area contributed by atoms with Crippen LogP contribution in [-0.2, 0) is 6.42 Å². The number of anilines is 3. The van der Waals surface area contributed by atoms with Crippen molar-refractivity contribution in [3.63, 3.8) is 0 Å². The molecule has 0 unspecified atom stereocenters. The van der Waals surface area contributed by atoms with E-state index in [4.69, 9.17) is 0 Å². The quantitative estimate of drug-likeness (QED) is 0.186.